The maximum absolute atomic E-state index is 8.67. The molecule has 0 aliphatic rings. The van der Waals surface area contributed by atoms with Crippen molar-refractivity contribution in [2.24, 2.45) is 0 Å². The summed E-state index contributed by atoms with van der Waals surface area (Å²) in [5.74, 6) is 0. The van der Waals surface area contributed by atoms with Gasteiger partial charge in [-0.1, -0.05) is 0 Å². The summed E-state index contributed by atoms with van der Waals surface area (Å²) in [6.45, 7) is 0. The maximum atomic E-state index is 8.67. The van der Waals surface area contributed by atoms with Crippen LogP contribution in [0.2, 0.25) is 0 Å². The van der Waals surface area contributed by atoms with Crippen molar-refractivity contribution in [2.45, 2.75) is 0 Å². The summed E-state index contributed by atoms with van der Waals surface area (Å²) in [5, 5.41) is 13.9. The topological polar surface area (TPSA) is 115 Å². The molecule has 8 heteroatoms. The van der Waals surface area contributed by atoms with E-state index in [4.69, 9.17) is 28.3 Å². The average Bonchev–Trinajstić information content (AvgIpc) is 1.25. The van der Waals surface area contributed by atoms with Crippen molar-refractivity contribution in [3.8, 4) is 0 Å². The fourth-order valence-corrected chi connectivity index (χ4v) is 0. The monoisotopic (exact) mass is 184 g/mol. The van der Waals surface area contributed by atoms with Gasteiger partial charge in [0, 0.05) is 0 Å². The van der Waals surface area contributed by atoms with Gasteiger partial charge in [-0.15, -0.1) is 0 Å². The molecule has 0 fully saturated rings. The molecule has 0 heterocycles. The molecule has 0 spiro atoms. The van der Waals surface area contributed by atoms with E-state index in [1.54, 1.807) is 0 Å². The van der Waals surface area contributed by atoms with Gasteiger partial charge in [-0.2, -0.15) is 4.21 Å². The van der Waals surface area contributed by atoms with Crippen LogP contribution in [-0.2, 0) is 11.4 Å². The van der Waals surface area contributed by atoms with E-state index in [2.05, 4.69) is 0 Å². The van der Waals surface area contributed by atoms with E-state index in [1.807, 2.05) is 0 Å². The molecular formula is CH5KO6S. The number of hydrogen-bond donors (Lipinski definition) is 4. The van der Waals surface area contributed by atoms with Gasteiger partial charge in [0.25, 0.3) is 11.4 Å². The number of carbonyl (C=O) groups is 1. The van der Waals surface area contributed by atoms with Gasteiger partial charge in [-0.3, -0.25) is 9.11 Å². The van der Waals surface area contributed by atoms with E-state index in [0.29, 0.717) is 0 Å². The second-order valence-corrected chi connectivity index (χ2v) is 0.975. The summed E-state index contributed by atoms with van der Waals surface area (Å²) < 4.78 is 22.8. The molecule has 0 atom stereocenters. The van der Waals surface area contributed by atoms with E-state index in [1.165, 1.54) is 0 Å². The molecule has 0 saturated carbocycles. The Hall–Kier alpha value is 0.976. The Morgan fingerprint density at radius 2 is 1.22 bits per heavy atom. The molecule has 0 saturated heterocycles. The van der Waals surface area contributed by atoms with E-state index >= 15 is 0 Å². The van der Waals surface area contributed by atoms with Crippen molar-refractivity contribution in [1.82, 2.24) is 0 Å². The molecule has 0 radical (unpaired) electrons. The Morgan fingerprint density at radius 3 is 1.22 bits per heavy atom. The Labute approximate surface area is 95.8 Å². The third-order valence-corrected chi connectivity index (χ3v) is 0. The summed E-state index contributed by atoms with van der Waals surface area (Å²) >= 11 is -2.61. The van der Waals surface area contributed by atoms with Gasteiger partial charge in [0.1, 0.15) is 0 Å². The van der Waals surface area contributed by atoms with Gasteiger partial charge in [-0.25, -0.2) is 4.79 Å². The summed E-state index contributed by atoms with van der Waals surface area (Å²) in [5.41, 5.74) is 0. The van der Waals surface area contributed by atoms with Gasteiger partial charge < -0.3 is 10.2 Å². The second kappa shape index (κ2) is 11.7. The first-order valence-corrected chi connectivity index (χ1v) is 2.25. The predicted molar refractivity (Wildman–Crippen MR) is 31.2 cm³/mol. The van der Waals surface area contributed by atoms with Crippen LogP contribution >= 0.6 is 0 Å². The quantitative estimate of drug-likeness (QED) is 0.291. The third kappa shape index (κ3) is 458. The molecule has 0 amide bonds. The Morgan fingerprint density at radius 1 is 1.22 bits per heavy atom. The molecule has 0 aromatic carbocycles. The first-order valence-electron chi connectivity index (χ1n) is 1.18. The van der Waals surface area contributed by atoms with Crippen molar-refractivity contribution in [3.63, 3.8) is 0 Å². The van der Waals surface area contributed by atoms with Gasteiger partial charge in [0.2, 0.25) is 0 Å². The molecule has 52 valence electrons. The summed E-state index contributed by atoms with van der Waals surface area (Å²) in [4.78, 5) is 8.56. The van der Waals surface area contributed by atoms with Crippen LogP contribution in [0, 0.1) is 0 Å². The fourth-order valence-electron chi connectivity index (χ4n) is 0. The van der Waals surface area contributed by atoms with Crippen LogP contribution in [0.25, 0.3) is 0 Å². The summed E-state index contributed by atoms with van der Waals surface area (Å²) in [7, 11) is 0. The first kappa shape index (κ1) is 16.5. The molecule has 0 aliphatic heterocycles. The van der Waals surface area contributed by atoms with Crippen molar-refractivity contribution >= 4 is 68.9 Å². The first-order chi connectivity index (χ1) is 3.46. The minimum atomic E-state index is -2.61. The molecule has 0 bridgehead atoms. The van der Waals surface area contributed by atoms with Crippen LogP contribution in [-0.4, -0.2) is 81.1 Å². The van der Waals surface area contributed by atoms with E-state index in [-0.39, 0.29) is 51.4 Å². The second-order valence-electron chi connectivity index (χ2n) is 0.513. The summed E-state index contributed by atoms with van der Waals surface area (Å²) in [6.07, 6.45) is -1.83. The SMILES string of the molecule is O=C(O)O.O=S(O)O.[KH]. The number of rotatable bonds is 0. The predicted octanol–water partition coefficient (Wildman–Crippen LogP) is -0.745. The molecule has 6 nitrogen and oxygen atoms in total. The molecule has 0 aliphatic carbocycles. The fraction of sp³-hybridized carbons (Fsp3) is 0. The molecular weight excluding hydrogens is 179 g/mol. The molecule has 9 heavy (non-hydrogen) atoms. The normalized spacial score (nSPS) is 6.56. The summed E-state index contributed by atoms with van der Waals surface area (Å²) in [6, 6.07) is 0. The Kier molecular flexibility index (Phi) is 21.5. The zero-order valence-electron chi connectivity index (χ0n) is 3.51. The van der Waals surface area contributed by atoms with Crippen LogP contribution in [0.15, 0.2) is 0 Å². The van der Waals surface area contributed by atoms with Crippen molar-refractivity contribution in [2.75, 3.05) is 0 Å². The third-order valence-electron chi connectivity index (χ3n) is 0. The van der Waals surface area contributed by atoms with Crippen LogP contribution in [0.4, 0.5) is 4.79 Å². The zero-order valence-corrected chi connectivity index (χ0v) is 4.33. The number of hydrogen-bond acceptors (Lipinski definition) is 2. The van der Waals surface area contributed by atoms with Crippen molar-refractivity contribution in [3.05, 3.63) is 0 Å². The minimum absolute atomic E-state index is 0. The molecule has 0 unspecified atom stereocenters. The van der Waals surface area contributed by atoms with Crippen LogP contribution in [0.5, 0.6) is 0 Å². The van der Waals surface area contributed by atoms with Crippen LogP contribution in [0.1, 0.15) is 0 Å². The van der Waals surface area contributed by atoms with Gasteiger partial charge in [0.15, 0.2) is 0 Å². The standard InChI is InChI=1S/CH2O3.K.H2O3S.H/c2-1(3)4;;1-4(2)3;/h(H2,2,3,4);;(H2,1,2,3);. The van der Waals surface area contributed by atoms with Crippen molar-refractivity contribution < 1.29 is 28.3 Å². The number of carboxylic acid groups (broad SMARTS) is 2. The Balaban J connectivity index is -0.0000000720. The van der Waals surface area contributed by atoms with Crippen molar-refractivity contribution in [1.29, 1.82) is 0 Å². The zero-order chi connectivity index (χ0) is 7.15. The van der Waals surface area contributed by atoms with Gasteiger partial charge in [0.05, 0.1) is 0 Å². The van der Waals surface area contributed by atoms with Crippen LogP contribution in [0.3, 0.4) is 0 Å². The van der Waals surface area contributed by atoms with Gasteiger partial charge in [-0.05, 0) is 0 Å². The molecule has 0 aromatic heterocycles. The molecule has 0 rings (SSSR count). The van der Waals surface area contributed by atoms with Crippen LogP contribution < -0.4 is 0 Å². The Bertz CT molecular complexity index is 71.1. The van der Waals surface area contributed by atoms with E-state index in [0.717, 1.165) is 0 Å². The van der Waals surface area contributed by atoms with Gasteiger partial charge >= 0.3 is 57.5 Å². The van der Waals surface area contributed by atoms with E-state index < -0.39 is 17.5 Å². The van der Waals surface area contributed by atoms with E-state index in [9.17, 15) is 0 Å². The average molecular weight is 184 g/mol. The molecule has 4 N–H and O–H groups in total. The molecule has 0 aromatic rings.